The number of anilines is 2. The molecule has 4 heteroatoms. The van der Waals surface area contributed by atoms with E-state index in [1.165, 1.54) is 18.4 Å². The van der Waals surface area contributed by atoms with Gasteiger partial charge in [-0.05, 0) is 68.8 Å². The molecular weight excluding hydrogens is 310 g/mol. The summed E-state index contributed by atoms with van der Waals surface area (Å²) in [6, 6.07) is 14.0. The molecule has 0 unspecified atom stereocenters. The number of phenolic OH excluding ortho intramolecular Hbond substituents is 1. The van der Waals surface area contributed by atoms with E-state index >= 15 is 0 Å². The number of hydrogen-bond acceptors (Lipinski definition) is 4. The highest BCUT2D eigenvalue weighted by Crippen LogP contribution is 2.29. The lowest BCUT2D eigenvalue weighted by molar-refractivity contribution is 0.324. The summed E-state index contributed by atoms with van der Waals surface area (Å²) in [7, 11) is 0. The van der Waals surface area contributed by atoms with Crippen LogP contribution in [0.15, 0.2) is 48.7 Å². The second-order valence-corrected chi connectivity index (χ2v) is 6.83. The van der Waals surface area contributed by atoms with Gasteiger partial charge >= 0.3 is 0 Å². The predicted octanol–water partition coefficient (Wildman–Crippen LogP) is 4.59. The summed E-state index contributed by atoms with van der Waals surface area (Å²) >= 11 is 0. The lowest BCUT2D eigenvalue weighted by atomic mass is 10.1. The molecule has 2 aromatic carbocycles. The van der Waals surface area contributed by atoms with Crippen LogP contribution in [0.3, 0.4) is 0 Å². The van der Waals surface area contributed by atoms with E-state index in [1.54, 1.807) is 6.07 Å². The molecule has 1 saturated heterocycles. The number of fused-ring (bicyclic) bond motifs is 1. The number of aryl methyl sites for hydroxylation is 1. The molecule has 1 fully saturated rings. The second-order valence-electron chi connectivity index (χ2n) is 6.83. The molecule has 3 aromatic rings. The number of pyridine rings is 1. The van der Waals surface area contributed by atoms with Gasteiger partial charge in [-0.15, -0.1) is 0 Å². The van der Waals surface area contributed by atoms with E-state index in [4.69, 9.17) is 0 Å². The molecule has 0 amide bonds. The molecule has 4 rings (SSSR count). The Morgan fingerprint density at radius 3 is 2.76 bits per heavy atom. The molecule has 0 bridgehead atoms. The summed E-state index contributed by atoms with van der Waals surface area (Å²) in [5.41, 5.74) is 5.18. The van der Waals surface area contributed by atoms with Gasteiger partial charge in [-0.25, -0.2) is 0 Å². The number of aromatic nitrogens is 1. The van der Waals surface area contributed by atoms with Crippen LogP contribution in [-0.2, 0) is 6.54 Å². The number of nitrogens with one attached hydrogen (secondary N) is 1. The van der Waals surface area contributed by atoms with E-state index in [2.05, 4.69) is 40.3 Å². The third-order valence-corrected chi connectivity index (χ3v) is 4.85. The third-order valence-electron chi connectivity index (χ3n) is 4.85. The number of nitrogens with zero attached hydrogens (tertiary/aromatic N) is 2. The first-order chi connectivity index (χ1) is 12.2. The lowest BCUT2D eigenvalue weighted by Crippen LogP contribution is -2.18. The van der Waals surface area contributed by atoms with Crippen molar-refractivity contribution in [3.63, 3.8) is 0 Å². The summed E-state index contributed by atoms with van der Waals surface area (Å²) in [6.45, 7) is 5.11. The van der Waals surface area contributed by atoms with E-state index in [0.717, 1.165) is 47.5 Å². The highest BCUT2D eigenvalue weighted by Gasteiger charge is 2.14. The van der Waals surface area contributed by atoms with Gasteiger partial charge in [0.15, 0.2) is 0 Å². The van der Waals surface area contributed by atoms with Gasteiger partial charge < -0.3 is 10.4 Å². The van der Waals surface area contributed by atoms with Crippen LogP contribution >= 0.6 is 0 Å². The van der Waals surface area contributed by atoms with Crippen molar-refractivity contribution in [2.45, 2.75) is 26.3 Å². The first kappa shape index (κ1) is 15.9. The SMILES string of the molecule is Cc1ccc2c(Nc3ccc(O)c(CN4CCCC4)c3)ccnc2c1. The topological polar surface area (TPSA) is 48.4 Å². The molecular formula is C21H23N3O. The van der Waals surface area contributed by atoms with Gasteiger partial charge in [0, 0.05) is 35.1 Å². The highest BCUT2D eigenvalue weighted by molar-refractivity contribution is 5.93. The monoisotopic (exact) mass is 333 g/mol. The van der Waals surface area contributed by atoms with Crippen molar-refractivity contribution >= 4 is 22.3 Å². The quantitative estimate of drug-likeness (QED) is 0.686. The van der Waals surface area contributed by atoms with Crippen molar-refractivity contribution < 1.29 is 5.11 Å². The van der Waals surface area contributed by atoms with E-state index in [1.807, 2.05) is 24.4 Å². The van der Waals surface area contributed by atoms with Crippen LogP contribution in [-0.4, -0.2) is 28.1 Å². The van der Waals surface area contributed by atoms with Crippen LogP contribution in [0.5, 0.6) is 5.75 Å². The van der Waals surface area contributed by atoms with E-state index < -0.39 is 0 Å². The summed E-state index contributed by atoms with van der Waals surface area (Å²) in [5, 5.41) is 14.8. The third kappa shape index (κ3) is 3.44. The largest absolute Gasteiger partial charge is 0.508 e. The summed E-state index contributed by atoms with van der Waals surface area (Å²) < 4.78 is 0. The Balaban J connectivity index is 1.62. The number of hydrogen-bond donors (Lipinski definition) is 2. The van der Waals surface area contributed by atoms with Crippen LogP contribution < -0.4 is 5.32 Å². The average Bonchev–Trinajstić information content (AvgIpc) is 3.11. The highest BCUT2D eigenvalue weighted by atomic mass is 16.3. The molecule has 2 heterocycles. The fraction of sp³-hybridized carbons (Fsp3) is 0.286. The van der Waals surface area contributed by atoms with Crippen molar-refractivity contribution in [1.29, 1.82) is 0 Å². The van der Waals surface area contributed by atoms with Crippen molar-refractivity contribution in [2.75, 3.05) is 18.4 Å². The molecule has 128 valence electrons. The first-order valence-corrected chi connectivity index (χ1v) is 8.86. The Morgan fingerprint density at radius 2 is 1.92 bits per heavy atom. The minimum Gasteiger partial charge on any atom is -0.508 e. The Bertz CT molecular complexity index is 901. The molecule has 0 radical (unpaired) electrons. The van der Waals surface area contributed by atoms with E-state index in [0.29, 0.717) is 5.75 Å². The molecule has 0 atom stereocenters. The van der Waals surface area contributed by atoms with Crippen LogP contribution in [0.2, 0.25) is 0 Å². The number of benzene rings is 2. The molecule has 1 aromatic heterocycles. The number of likely N-dealkylation sites (tertiary alicyclic amines) is 1. The second kappa shape index (κ2) is 6.73. The average molecular weight is 333 g/mol. The molecule has 25 heavy (non-hydrogen) atoms. The number of phenols is 1. The molecule has 0 saturated carbocycles. The maximum absolute atomic E-state index is 10.2. The zero-order valence-electron chi connectivity index (χ0n) is 14.5. The van der Waals surface area contributed by atoms with Crippen LogP contribution in [0.1, 0.15) is 24.0 Å². The zero-order valence-corrected chi connectivity index (χ0v) is 14.5. The Hall–Kier alpha value is -2.59. The van der Waals surface area contributed by atoms with Gasteiger partial charge in [-0.2, -0.15) is 0 Å². The fourth-order valence-electron chi connectivity index (χ4n) is 3.49. The Kier molecular flexibility index (Phi) is 4.28. The van der Waals surface area contributed by atoms with Crippen molar-refractivity contribution in [3.8, 4) is 5.75 Å². The first-order valence-electron chi connectivity index (χ1n) is 8.86. The molecule has 0 aliphatic carbocycles. The molecule has 2 N–H and O–H groups in total. The van der Waals surface area contributed by atoms with Gasteiger partial charge in [0.05, 0.1) is 5.52 Å². The molecule has 1 aliphatic heterocycles. The van der Waals surface area contributed by atoms with E-state index in [9.17, 15) is 5.11 Å². The zero-order chi connectivity index (χ0) is 17.2. The Labute approximate surface area is 148 Å². The lowest BCUT2D eigenvalue weighted by Gasteiger charge is -2.17. The van der Waals surface area contributed by atoms with Crippen molar-refractivity contribution in [3.05, 3.63) is 59.8 Å². The summed E-state index contributed by atoms with van der Waals surface area (Å²) in [4.78, 5) is 6.85. The van der Waals surface area contributed by atoms with Crippen LogP contribution in [0, 0.1) is 6.92 Å². The minimum atomic E-state index is 0.368. The van der Waals surface area contributed by atoms with Gasteiger partial charge in [0.2, 0.25) is 0 Å². The van der Waals surface area contributed by atoms with Crippen molar-refractivity contribution in [1.82, 2.24) is 9.88 Å². The van der Waals surface area contributed by atoms with Gasteiger partial charge in [0.1, 0.15) is 5.75 Å². The van der Waals surface area contributed by atoms with Gasteiger partial charge in [-0.1, -0.05) is 12.1 Å². The van der Waals surface area contributed by atoms with Crippen LogP contribution in [0.25, 0.3) is 10.9 Å². The summed E-state index contributed by atoms with van der Waals surface area (Å²) in [6.07, 6.45) is 4.33. The normalized spacial score (nSPS) is 14.9. The summed E-state index contributed by atoms with van der Waals surface area (Å²) in [5.74, 6) is 0.368. The van der Waals surface area contributed by atoms with E-state index in [-0.39, 0.29) is 0 Å². The fourth-order valence-corrected chi connectivity index (χ4v) is 3.49. The van der Waals surface area contributed by atoms with Crippen molar-refractivity contribution in [2.24, 2.45) is 0 Å². The molecule has 0 spiro atoms. The smallest absolute Gasteiger partial charge is 0.120 e. The number of aromatic hydroxyl groups is 1. The predicted molar refractivity (Wildman–Crippen MR) is 102 cm³/mol. The maximum atomic E-state index is 10.2. The Morgan fingerprint density at radius 1 is 1.08 bits per heavy atom. The van der Waals surface area contributed by atoms with Crippen LogP contribution in [0.4, 0.5) is 11.4 Å². The molecule has 4 nitrogen and oxygen atoms in total. The van der Waals surface area contributed by atoms with Gasteiger partial charge in [-0.3, -0.25) is 9.88 Å². The van der Waals surface area contributed by atoms with Gasteiger partial charge in [0.25, 0.3) is 0 Å². The minimum absolute atomic E-state index is 0.368. The standard InChI is InChI=1S/C21H23N3O/c1-15-4-6-18-19(8-9-22-20(18)12-15)23-17-5-7-21(25)16(13-17)14-24-10-2-3-11-24/h4-9,12-13,25H,2-3,10-11,14H2,1H3,(H,22,23). The maximum Gasteiger partial charge on any atom is 0.120 e. The molecule has 1 aliphatic rings. The number of rotatable bonds is 4.